The van der Waals surface area contributed by atoms with Crippen molar-refractivity contribution < 1.29 is 4.79 Å². The number of benzene rings is 1. The van der Waals surface area contributed by atoms with Crippen LogP contribution in [0.15, 0.2) is 36.5 Å². The summed E-state index contributed by atoms with van der Waals surface area (Å²) in [5.74, 6) is -0.0816. The Morgan fingerprint density at radius 3 is 2.89 bits per heavy atom. The van der Waals surface area contributed by atoms with Gasteiger partial charge in [-0.05, 0) is 31.4 Å². The fourth-order valence-electron chi connectivity index (χ4n) is 2.61. The van der Waals surface area contributed by atoms with E-state index in [9.17, 15) is 4.79 Å². The lowest BCUT2D eigenvalue weighted by molar-refractivity contribution is 0.0940. The zero-order valence-corrected chi connectivity index (χ0v) is 11.2. The summed E-state index contributed by atoms with van der Waals surface area (Å²) in [6, 6.07) is 9.55. The van der Waals surface area contributed by atoms with Gasteiger partial charge in [0.05, 0.1) is 16.5 Å². The molecule has 0 radical (unpaired) electrons. The van der Waals surface area contributed by atoms with Gasteiger partial charge < -0.3 is 5.32 Å². The molecular formula is C15H15ClN2O. The molecule has 1 amide bonds. The Balaban J connectivity index is 1.89. The molecule has 0 aliphatic heterocycles. The minimum Gasteiger partial charge on any atom is -0.348 e. The highest BCUT2D eigenvalue weighted by Gasteiger charge is 2.27. The van der Waals surface area contributed by atoms with Gasteiger partial charge in [-0.2, -0.15) is 0 Å². The zero-order valence-electron chi connectivity index (χ0n) is 10.5. The first-order chi connectivity index (χ1) is 9.25. The maximum Gasteiger partial charge on any atom is 0.253 e. The molecule has 1 aromatic heterocycles. The van der Waals surface area contributed by atoms with Crippen molar-refractivity contribution in [3.05, 3.63) is 42.1 Å². The molecule has 1 saturated carbocycles. The number of nitrogens with zero attached hydrogens (tertiary/aromatic N) is 1. The van der Waals surface area contributed by atoms with E-state index in [1.54, 1.807) is 6.20 Å². The number of fused-ring (bicyclic) bond motifs is 1. The number of rotatable bonds is 2. The van der Waals surface area contributed by atoms with Crippen LogP contribution in [0.1, 0.15) is 29.6 Å². The highest BCUT2D eigenvalue weighted by atomic mass is 35.5. The molecule has 3 nitrogen and oxygen atoms in total. The van der Waals surface area contributed by atoms with Crippen molar-refractivity contribution in [2.75, 3.05) is 0 Å². The van der Waals surface area contributed by atoms with Crippen LogP contribution in [0.4, 0.5) is 0 Å². The quantitative estimate of drug-likeness (QED) is 0.855. The van der Waals surface area contributed by atoms with Crippen molar-refractivity contribution >= 4 is 28.4 Å². The van der Waals surface area contributed by atoms with Gasteiger partial charge in [0.2, 0.25) is 0 Å². The van der Waals surface area contributed by atoms with Gasteiger partial charge in [-0.1, -0.05) is 18.2 Å². The van der Waals surface area contributed by atoms with E-state index >= 15 is 0 Å². The molecule has 3 rings (SSSR count). The number of alkyl halides is 1. The summed E-state index contributed by atoms with van der Waals surface area (Å²) in [5, 5.41) is 4.05. The predicted octanol–water partition coefficient (Wildman–Crippen LogP) is 3.12. The fraction of sp³-hybridized carbons (Fsp3) is 0.333. The van der Waals surface area contributed by atoms with Gasteiger partial charge >= 0.3 is 0 Å². The number of aromatic nitrogens is 1. The van der Waals surface area contributed by atoms with E-state index in [2.05, 4.69) is 10.3 Å². The van der Waals surface area contributed by atoms with Crippen molar-refractivity contribution in [3.63, 3.8) is 0 Å². The number of carbonyl (C=O) groups is 1. The van der Waals surface area contributed by atoms with Crippen LogP contribution in [-0.4, -0.2) is 22.3 Å². The largest absolute Gasteiger partial charge is 0.348 e. The highest BCUT2D eigenvalue weighted by Crippen LogP contribution is 2.25. The summed E-state index contributed by atoms with van der Waals surface area (Å²) in [6.45, 7) is 0. The molecule has 4 heteroatoms. The molecule has 2 atom stereocenters. The van der Waals surface area contributed by atoms with Crippen LogP contribution in [0, 0.1) is 0 Å². The summed E-state index contributed by atoms with van der Waals surface area (Å²) >= 11 is 6.20. The third kappa shape index (κ3) is 2.43. The molecule has 0 bridgehead atoms. The molecular weight excluding hydrogens is 260 g/mol. The minimum atomic E-state index is -0.0816. The second-order valence-corrected chi connectivity index (χ2v) is 5.47. The summed E-state index contributed by atoms with van der Waals surface area (Å²) in [6.07, 6.45) is 4.71. The van der Waals surface area contributed by atoms with E-state index in [1.807, 2.05) is 30.3 Å². The minimum absolute atomic E-state index is 0.0480. The van der Waals surface area contributed by atoms with Gasteiger partial charge in [-0.15, -0.1) is 11.6 Å². The highest BCUT2D eigenvalue weighted by molar-refractivity contribution is 6.21. The van der Waals surface area contributed by atoms with Crippen LogP contribution in [-0.2, 0) is 0 Å². The average Bonchev–Trinajstić information content (AvgIpc) is 2.83. The SMILES string of the molecule is O=C(NC1CCCC1Cl)c1cccc2cccnc12. The normalized spacial score (nSPS) is 22.6. The number of halogens is 1. The van der Waals surface area contributed by atoms with Crippen LogP contribution in [0.2, 0.25) is 0 Å². The third-order valence-corrected chi connectivity index (χ3v) is 4.15. The standard InChI is InChI=1S/C15H15ClN2O/c16-12-7-2-8-13(12)18-15(19)11-6-1-4-10-5-3-9-17-14(10)11/h1,3-6,9,12-13H,2,7-8H2,(H,18,19). The van der Waals surface area contributed by atoms with Crippen molar-refractivity contribution in [3.8, 4) is 0 Å². The molecule has 1 fully saturated rings. The Labute approximate surface area is 117 Å². The molecule has 1 N–H and O–H groups in total. The zero-order chi connectivity index (χ0) is 13.2. The lowest BCUT2D eigenvalue weighted by Crippen LogP contribution is -2.37. The molecule has 19 heavy (non-hydrogen) atoms. The Bertz CT molecular complexity index is 609. The number of hydrogen-bond donors (Lipinski definition) is 1. The van der Waals surface area contributed by atoms with Crippen molar-refractivity contribution in [2.45, 2.75) is 30.7 Å². The second kappa shape index (κ2) is 5.17. The van der Waals surface area contributed by atoms with Crippen molar-refractivity contribution in [1.29, 1.82) is 0 Å². The van der Waals surface area contributed by atoms with Crippen LogP contribution in [0.3, 0.4) is 0 Å². The van der Waals surface area contributed by atoms with Gasteiger partial charge in [0, 0.05) is 17.6 Å². The number of nitrogens with one attached hydrogen (secondary N) is 1. The Morgan fingerprint density at radius 2 is 2.11 bits per heavy atom. The number of pyridine rings is 1. The summed E-state index contributed by atoms with van der Waals surface area (Å²) in [5.41, 5.74) is 1.36. The second-order valence-electron chi connectivity index (χ2n) is 4.91. The maximum atomic E-state index is 12.4. The lowest BCUT2D eigenvalue weighted by Gasteiger charge is -2.16. The molecule has 2 aromatic rings. The van der Waals surface area contributed by atoms with E-state index in [0.717, 1.165) is 30.2 Å². The Morgan fingerprint density at radius 1 is 1.26 bits per heavy atom. The summed E-state index contributed by atoms with van der Waals surface area (Å²) in [7, 11) is 0. The van der Waals surface area contributed by atoms with Gasteiger partial charge in [-0.25, -0.2) is 0 Å². The van der Waals surface area contributed by atoms with E-state index < -0.39 is 0 Å². The van der Waals surface area contributed by atoms with Crippen LogP contribution in [0.5, 0.6) is 0 Å². The molecule has 1 aliphatic carbocycles. The maximum absolute atomic E-state index is 12.4. The molecule has 1 aromatic carbocycles. The molecule has 2 unspecified atom stereocenters. The van der Waals surface area contributed by atoms with Crippen LogP contribution < -0.4 is 5.32 Å². The first-order valence-corrected chi connectivity index (χ1v) is 6.98. The van der Waals surface area contributed by atoms with Gasteiger partial charge in [0.25, 0.3) is 5.91 Å². The monoisotopic (exact) mass is 274 g/mol. The Kier molecular flexibility index (Phi) is 3.38. The van der Waals surface area contributed by atoms with E-state index in [0.29, 0.717) is 5.56 Å². The molecule has 0 saturated heterocycles. The van der Waals surface area contributed by atoms with E-state index in [4.69, 9.17) is 11.6 Å². The molecule has 1 aliphatic rings. The average molecular weight is 275 g/mol. The number of para-hydroxylation sites is 1. The number of carbonyl (C=O) groups excluding carboxylic acids is 1. The first-order valence-electron chi connectivity index (χ1n) is 6.54. The molecule has 0 spiro atoms. The molecule has 98 valence electrons. The van der Waals surface area contributed by atoms with Crippen LogP contribution in [0.25, 0.3) is 10.9 Å². The van der Waals surface area contributed by atoms with Gasteiger partial charge in [-0.3, -0.25) is 9.78 Å². The summed E-state index contributed by atoms with van der Waals surface area (Å²) in [4.78, 5) is 16.7. The third-order valence-electron chi connectivity index (χ3n) is 3.63. The Hall–Kier alpha value is -1.61. The number of hydrogen-bond acceptors (Lipinski definition) is 2. The topological polar surface area (TPSA) is 42.0 Å². The van der Waals surface area contributed by atoms with E-state index in [-0.39, 0.29) is 17.3 Å². The summed E-state index contributed by atoms with van der Waals surface area (Å²) < 4.78 is 0. The van der Waals surface area contributed by atoms with Gasteiger partial charge in [0.1, 0.15) is 0 Å². The number of amides is 1. The van der Waals surface area contributed by atoms with Gasteiger partial charge in [0.15, 0.2) is 0 Å². The molecule has 1 heterocycles. The predicted molar refractivity (Wildman–Crippen MR) is 76.5 cm³/mol. The van der Waals surface area contributed by atoms with Crippen LogP contribution >= 0.6 is 11.6 Å². The fourth-order valence-corrected chi connectivity index (χ4v) is 2.95. The smallest absolute Gasteiger partial charge is 0.253 e. The van der Waals surface area contributed by atoms with E-state index in [1.165, 1.54) is 0 Å². The van der Waals surface area contributed by atoms with Crippen molar-refractivity contribution in [2.24, 2.45) is 0 Å². The van der Waals surface area contributed by atoms with Crippen molar-refractivity contribution in [1.82, 2.24) is 10.3 Å². The lowest BCUT2D eigenvalue weighted by atomic mass is 10.1. The first kappa shape index (κ1) is 12.4.